The summed E-state index contributed by atoms with van der Waals surface area (Å²) < 4.78 is 38.3. The number of amides is 1. The molecule has 3 rings (SSSR count). The SMILES string of the molecule is COc1ccc(OC)c(NC(=O)c2ccc(NS(=O)(=O)c3ccc(C)c(C)c3)cc2)c1. The minimum Gasteiger partial charge on any atom is -0.497 e. The summed E-state index contributed by atoms with van der Waals surface area (Å²) in [5.74, 6) is 0.703. The first-order valence-electron chi connectivity index (χ1n) is 9.47. The van der Waals surface area contributed by atoms with Crippen LogP contribution in [0.3, 0.4) is 0 Å². The molecule has 0 atom stereocenters. The van der Waals surface area contributed by atoms with Gasteiger partial charge in [-0.3, -0.25) is 9.52 Å². The number of benzene rings is 3. The molecular weight excluding hydrogens is 416 g/mol. The van der Waals surface area contributed by atoms with Crippen molar-refractivity contribution < 1.29 is 22.7 Å². The Morgan fingerprint density at radius 3 is 2.16 bits per heavy atom. The maximum Gasteiger partial charge on any atom is 0.261 e. The van der Waals surface area contributed by atoms with E-state index in [1.807, 2.05) is 13.8 Å². The van der Waals surface area contributed by atoms with E-state index in [4.69, 9.17) is 9.47 Å². The highest BCUT2D eigenvalue weighted by atomic mass is 32.2. The lowest BCUT2D eigenvalue weighted by Crippen LogP contribution is -2.15. The van der Waals surface area contributed by atoms with Gasteiger partial charge in [0.1, 0.15) is 11.5 Å². The predicted molar refractivity (Wildman–Crippen MR) is 121 cm³/mol. The van der Waals surface area contributed by atoms with Gasteiger partial charge in [-0.2, -0.15) is 0 Å². The summed E-state index contributed by atoms with van der Waals surface area (Å²) >= 11 is 0. The number of carbonyl (C=O) groups is 1. The number of methoxy groups -OCH3 is 2. The molecule has 3 aromatic carbocycles. The lowest BCUT2D eigenvalue weighted by Gasteiger charge is -2.12. The smallest absolute Gasteiger partial charge is 0.261 e. The molecule has 0 aromatic heterocycles. The van der Waals surface area contributed by atoms with E-state index in [0.717, 1.165) is 11.1 Å². The molecule has 0 spiro atoms. The van der Waals surface area contributed by atoms with E-state index in [9.17, 15) is 13.2 Å². The summed E-state index contributed by atoms with van der Waals surface area (Å²) in [4.78, 5) is 12.8. The van der Waals surface area contributed by atoms with Gasteiger partial charge in [0, 0.05) is 17.3 Å². The first kappa shape index (κ1) is 22.2. The largest absolute Gasteiger partial charge is 0.497 e. The summed E-state index contributed by atoms with van der Waals surface area (Å²) in [6.45, 7) is 3.78. The Labute approximate surface area is 182 Å². The van der Waals surface area contributed by atoms with Crippen molar-refractivity contribution in [3.8, 4) is 11.5 Å². The zero-order chi connectivity index (χ0) is 22.6. The van der Waals surface area contributed by atoms with Gasteiger partial charge in [-0.25, -0.2) is 8.42 Å². The normalized spacial score (nSPS) is 11.0. The minimum atomic E-state index is -3.73. The molecule has 8 heteroatoms. The van der Waals surface area contributed by atoms with Gasteiger partial charge in [-0.05, 0) is 73.5 Å². The van der Waals surface area contributed by atoms with Crippen LogP contribution in [0.5, 0.6) is 11.5 Å². The molecule has 162 valence electrons. The number of anilines is 2. The molecule has 0 aliphatic heterocycles. The third-order valence-electron chi connectivity index (χ3n) is 4.84. The number of nitrogens with one attached hydrogen (secondary N) is 2. The number of hydrogen-bond acceptors (Lipinski definition) is 5. The molecule has 0 aliphatic carbocycles. The predicted octanol–water partition coefficient (Wildman–Crippen LogP) is 4.37. The minimum absolute atomic E-state index is 0.183. The zero-order valence-electron chi connectivity index (χ0n) is 17.7. The topological polar surface area (TPSA) is 93.7 Å². The lowest BCUT2D eigenvalue weighted by molar-refractivity contribution is 0.102. The van der Waals surface area contributed by atoms with E-state index in [1.54, 1.807) is 48.5 Å². The molecule has 0 unspecified atom stereocenters. The molecular formula is C23H24N2O5S. The van der Waals surface area contributed by atoms with Crippen LogP contribution in [0.1, 0.15) is 21.5 Å². The monoisotopic (exact) mass is 440 g/mol. The van der Waals surface area contributed by atoms with Crippen LogP contribution in [-0.4, -0.2) is 28.5 Å². The molecule has 2 N–H and O–H groups in total. The fourth-order valence-corrected chi connectivity index (χ4v) is 4.03. The summed E-state index contributed by atoms with van der Waals surface area (Å²) in [5, 5.41) is 2.77. The maximum atomic E-state index is 12.6. The Morgan fingerprint density at radius 1 is 0.839 bits per heavy atom. The fourth-order valence-electron chi connectivity index (χ4n) is 2.89. The van der Waals surface area contributed by atoms with Gasteiger partial charge in [-0.15, -0.1) is 0 Å². The highest BCUT2D eigenvalue weighted by Crippen LogP contribution is 2.29. The van der Waals surface area contributed by atoms with E-state index in [2.05, 4.69) is 10.0 Å². The number of rotatable bonds is 7. The molecule has 0 saturated heterocycles. The maximum absolute atomic E-state index is 12.6. The van der Waals surface area contributed by atoms with Crippen LogP contribution >= 0.6 is 0 Å². The molecule has 0 aliphatic rings. The third-order valence-corrected chi connectivity index (χ3v) is 6.22. The van der Waals surface area contributed by atoms with Gasteiger partial charge >= 0.3 is 0 Å². The number of carbonyl (C=O) groups excluding carboxylic acids is 1. The quantitative estimate of drug-likeness (QED) is 0.569. The molecule has 0 heterocycles. The Bertz CT molecular complexity index is 1210. The average Bonchev–Trinajstić information content (AvgIpc) is 2.75. The highest BCUT2D eigenvalue weighted by Gasteiger charge is 2.16. The summed E-state index contributed by atoms with van der Waals surface area (Å²) in [6, 6.07) is 16.2. The highest BCUT2D eigenvalue weighted by molar-refractivity contribution is 7.92. The number of aryl methyl sites for hydroxylation is 2. The van der Waals surface area contributed by atoms with Crippen molar-refractivity contribution in [2.75, 3.05) is 24.3 Å². The van der Waals surface area contributed by atoms with E-state index in [-0.39, 0.29) is 10.8 Å². The third kappa shape index (κ3) is 5.16. The Morgan fingerprint density at radius 2 is 1.55 bits per heavy atom. The van der Waals surface area contributed by atoms with Crippen molar-refractivity contribution in [2.24, 2.45) is 0 Å². The Kier molecular flexibility index (Phi) is 6.50. The molecule has 1 amide bonds. The number of ether oxygens (including phenoxy) is 2. The van der Waals surface area contributed by atoms with Crippen molar-refractivity contribution in [2.45, 2.75) is 18.7 Å². The molecule has 7 nitrogen and oxygen atoms in total. The summed E-state index contributed by atoms with van der Waals surface area (Å²) in [7, 11) is -0.691. The van der Waals surface area contributed by atoms with E-state index in [0.29, 0.717) is 28.4 Å². The van der Waals surface area contributed by atoms with Crippen molar-refractivity contribution in [1.29, 1.82) is 0 Å². The Balaban J connectivity index is 1.75. The van der Waals surface area contributed by atoms with E-state index < -0.39 is 10.0 Å². The number of sulfonamides is 1. The summed E-state index contributed by atoms with van der Waals surface area (Å²) in [6.07, 6.45) is 0. The van der Waals surface area contributed by atoms with Crippen molar-refractivity contribution in [3.63, 3.8) is 0 Å². The van der Waals surface area contributed by atoms with Crippen LogP contribution in [0.15, 0.2) is 65.6 Å². The van der Waals surface area contributed by atoms with Gasteiger partial charge < -0.3 is 14.8 Å². The van der Waals surface area contributed by atoms with Gasteiger partial charge in [0.2, 0.25) is 0 Å². The van der Waals surface area contributed by atoms with E-state index in [1.165, 1.54) is 26.4 Å². The van der Waals surface area contributed by atoms with Crippen LogP contribution < -0.4 is 19.5 Å². The van der Waals surface area contributed by atoms with Crippen LogP contribution in [0, 0.1) is 13.8 Å². The summed E-state index contributed by atoms with van der Waals surface area (Å²) in [5.41, 5.74) is 3.09. The van der Waals surface area contributed by atoms with Gasteiger partial charge in [0.25, 0.3) is 15.9 Å². The Hall–Kier alpha value is -3.52. The van der Waals surface area contributed by atoms with Gasteiger partial charge in [0.05, 0.1) is 24.8 Å². The second kappa shape index (κ2) is 9.09. The zero-order valence-corrected chi connectivity index (χ0v) is 18.5. The van der Waals surface area contributed by atoms with Crippen molar-refractivity contribution >= 4 is 27.3 Å². The average molecular weight is 441 g/mol. The molecule has 0 bridgehead atoms. The molecule has 0 fully saturated rings. The molecule has 0 radical (unpaired) electrons. The van der Waals surface area contributed by atoms with Crippen molar-refractivity contribution in [3.05, 3.63) is 77.4 Å². The van der Waals surface area contributed by atoms with Crippen LogP contribution in [0.25, 0.3) is 0 Å². The van der Waals surface area contributed by atoms with Gasteiger partial charge in [-0.1, -0.05) is 6.07 Å². The second-order valence-electron chi connectivity index (χ2n) is 6.95. The molecule has 0 saturated carbocycles. The number of hydrogen-bond donors (Lipinski definition) is 2. The van der Waals surface area contributed by atoms with Crippen LogP contribution in [0.2, 0.25) is 0 Å². The lowest BCUT2D eigenvalue weighted by atomic mass is 10.1. The van der Waals surface area contributed by atoms with E-state index >= 15 is 0 Å². The second-order valence-corrected chi connectivity index (χ2v) is 8.63. The van der Waals surface area contributed by atoms with Crippen LogP contribution in [0.4, 0.5) is 11.4 Å². The molecule has 31 heavy (non-hydrogen) atoms. The standard InChI is InChI=1S/C23H24N2O5S/c1-15-5-11-20(13-16(15)2)31(27,28)25-18-8-6-17(7-9-18)23(26)24-21-14-19(29-3)10-12-22(21)30-4/h5-14,25H,1-4H3,(H,24,26). The van der Waals surface area contributed by atoms with Crippen molar-refractivity contribution in [1.82, 2.24) is 0 Å². The van der Waals surface area contributed by atoms with Gasteiger partial charge in [0.15, 0.2) is 0 Å². The van der Waals surface area contributed by atoms with Crippen LogP contribution in [-0.2, 0) is 10.0 Å². The molecule has 3 aromatic rings. The first-order valence-corrected chi connectivity index (χ1v) is 11.0. The first-order chi connectivity index (χ1) is 14.7. The fraction of sp³-hybridized carbons (Fsp3) is 0.174.